The van der Waals surface area contributed by atoms with Crippen LogP contribution >= 0.6 is 0 Å². The third-order valence-corrected chi connectivity index (χ3v) is 5.26. The number of methoxy groups -OCH3 is 1. The predicted octanol–water partition coefficient (Wildman–Crippen LogP) is 1.11. The number of nitrogens with one attached hydrogen (secondary N) is 1. The van der Waals surface area contributed by atoms with Crippen LogP contribution in [0.5, 0.6) is 0 Å². The lowest BCUT2D eigenvalue weighted by Gasteiger charge is -2.25. The van der Waals surface area contributed by atoms with Crippen molar-refractivity contribution in [3.05, 3.63) is 36.0 Å². The van der Waals surface area contributed by atoms with Crippen molar-refractivity contribution in [1.82, 2.24) is 25.1 Å². The van der Waals surface area contributed by atoms with E-state index in [9.17, 15) is 4.79 Å². The van der Waals surface area contributed by atoms with Gasteiger partial charge in [-0.25, -0.2) is 9.97 Å². The Kier molecular flexibility index (Phi) is 4.58. The van der Waals surface area contributed by atoms with Crippen LogP contribution in [0, 0.1) is 0 Å². The van der Waals surface area contributed by atoms with Gasteiger partial charge in [0, 0.05) is 39.4 Å². The van der Waals surface area contributed by atoms with Crippen molar-refractivity contribution < 1.29 is 9.53 Å². The van der Waals surface area contributed by atoms with Gasteiger partial charge in [0.1, 0.15) is 12.1 Å². The molecule has 1 aliphatic carbocycles. The number of hydrogen-bond acceptors (Lipinski definition) is 6. The fourth-order valence-corrected chi connectivity index (χ4v) is 3.74. The van der Waals surface area contributed by atoms with Gasteiger partial charge in [-0.1, -0.05) is 0 Å². The molecule has 2 fully saturated rings. The Morgan fingerprint density at radius 2 is 2.27 bits per heavy atom. The summed E-state index contributed by atoms with van der Waals surface area (Å²) in [6.07, 6.45) is 8.21. The minimum absolute atomic E-state index is 0.0523. The summed E-state index contributed by atoms with van der Waals surface area (Å²) in [5, 5.41) is 7.36. The number of hydrogen-bond donors (Lipinski definition) is 1. The zero-order valence-electron chi connectivity index (χ0n) is 15.1. The molecule has 8 heteroatoms. The van der Waals surface area contributed by atoms with E-state index < -0.39 is 0 Å². The number of aryl methyl sites for hydroxylation is 1. The lowest BCUT2D eigenvalue weighted by Crippen LogP contribution is -2.40. The van der Waals surface area contributed by atoms with Crippen molar-refractivity contribution in [3.63, 3.8) is 0 Å². The van der Waals surface area contributed by atoms with Crippen LogP contribution in [0.1, 0.15) is 41.2 Å². The summed E-state index contributed by atoms with van der Waals surface area (Å²) in [5.41, 5.74) is 1.75. The molecule has 2 aliphatic rings. The van der Waals surface area contributed by atoms with E-state index >= 15 is 0 Å². The number of aromatic nitrogens is 4. The van der Waals surface area contributed by atoms with Crippen molar-refractivity contribution in [3.8, 4) is 0 Å². The average molecular weight is 356 g/mol. The molecule has 8 nitrogen and oxygen atoms in total. The Bertz CT molecular complexity index is 773. The van der Waals surface area contributed by atoms with Gasteiger partial charge in [0.2, 0.25) is 0 Å². The highest BCUT2D eigenvalue weighted by Gasteiger charge is 2.35. The molecule has 0 spiro atoms. The minimum atomic E-state index is -0.0523. The molecule has 1 N–H and O–H groups in total. The molecular formula is C18H24N6O2. The second kappa shape index (κ2) is 7.03. The molecule has 1 aliphatic heterocycles. The standard InChI is InChI=1S/C18H24N6O2/c1-23-17(12-3-4-12)15(9-22-23)18(25)20-8-13-7-14(26-2)10-24(13)16-5-6-19-11-21-16/h5-6,9,11-14H,3-4,7-8,10H2,1-2H3,(H,20,25)/t13-,14-/m1/s1. The number of amides is 1. The Hall–Kier alpha value is -2.48. The number of carbonyl (C=O) groups is 1. The molecule has 0 radical (unpaired) electrons. The van der Waals surface area contributed by atoms with Crippen molar-refractivity contribution in [2.75, 3.05) is 25.1 Å². The Balaban J connectivity index is 1.45. The Morgan fingerprint density at radius 1 is 1.42 bits per heavy atom. The zero-order valence-corrected chi connectivity index (χ0v) is 15.1. The molecule has 0 unspecified atom stereocenters. The summed E-state index contributed by atoms with van der Waals surface area (Å²) in [6.45, 7) is 1.30. The Morgan fingerprint density at radius 3 is 2.96 bits per heavy atom. The average Bonchev–Trinajstić information content (AvgIpc) is 3.30. The van der Waals surface area contributed by atoms with Gasteiger partial charge in [0.25, 0.3) is 5.91 Å². The molecule has 26 heavy (non-hydrogen) atoms. The normalized spacial score (nSPS) is 22.6. The second-order valence-corrected chi connectivity index (χ2v) is 7.02. The van der Waals surface area contributed by atoms with Gasteiger partial charge in [-0.2, -0.15) is 5.10 Å². The quantitative estimate of drug-likeness (QED) is 0.835. The van der Waals surface area contributed by atoms with Crippen LogP contribution in [-0.4, -0.2) is 58.0 Å². The molecule has 2 aromatic heterocycles. The maximum Gasteiger partial charge on any atom is 0.254 e. The molecular weight excluding hydrogens is 332 g/mol. The van der Waals surface area contributed by atoms with Crippen molar-refractivity contribution >= 4 is 11.7 Å². The lowest BCUT2D eigenvalue weighted by atomic mass is 10.1. The lowest BCUT2D eigenvalue weighted by molar-refractivity contribution is 0.0945. The van der Waals surface area contributed by atoms with Gasteiger partial charge in [-0.05, 0) is 25.3 Å². The van der Waals surface area contributed by atoms with Crippen molar-refractivity contribution in [1.29, 1.82) is 0 Å². The van der Waals surface area contributed by atoms with Gasteiger partial charge in [-0.15, -0.1) is 0 Å². The number of ether oxygens (including phenoxy) is 1. The predicted molar refractivity (Wildman–Crippen MR) is 96.1 cm³/mol. The van der Waals surface area contributed by atoms with Gasteiger partial charge >= 0.3 is 0 Å². The summed E-state index contributed by atoms with van der Waals surface area (Å²) in [5.74, 6) is 1.28. The first-order chi connectivity index (χ1) is 12.7. The van der Waals surface area contributed by atoms with Crippen LogP contribution in [0.15, 0.2) is 24.8 Å². The van der Waals surface area contributed by atoms with Crippen LogP contribution in [-0.2, 0) is 11.8 Å². The number of carbonyl (C=O) groups excluding carboxylic acids is 1. The number of rotatable bonds is 6. The maximum absolute atomic E-state index is 12.7. The summed E-state index contributed by atoms with van der Waals surface area (Å²) < 4.78 is 7.37. The van der Waals surface area contributed by atoms with E-state index in [1.165, 1.54) is 0 Å². The second-order valence-electron chi connectivity index (χ2n) is 7.02. The van der Waals surface area contributed by atoms with E-state index in [2.05, 4.69) is 25.3 Å². The SMILES string of the molecule is CO[C@@H]1C[C@H](CNC(=O)c2cnn(C)c2C2CC2)N(c2ccncn2)C1. The smallest absolute Gasteiger partial charge is 0.254 e. The molecule has 138 valence electrons. The molecule has 1 saturated carbocycles. The van der Waals surface area contributed by atoms with Crippen LogP contribution in [0.2, 0.25) is 0 Å². The molecule has 1 saturated heterocycles. The highest BCUT2D eigenvalue weighted by atomic mass is 16.5. The Labute approximate surface area is 152 Å². The number of anilines is 1. The third-order valence-electron chi connectivity index (χ3n) is 5.26. The molecule has 0 aromatic carbocycles. The first-order valence-corrected chi connectivity index (χ1v) is 9.03. The van der Waals surface area contributed by atoms with Crippen LogP contribution < -0.4 is 10.2 Å². The van der Waals surface area contributed by atoms with Crippen molar-refractivity contribution in [2.24, 2.45) is 7.05 Å². The van der Waals surface area contributed by atoms with Gasteiger partial charge in [0.05, 0.1) is 29.6 Å². The monoisotopic (exact) mass is 356 g/mol. The zero-order chi connectivity index (χ0) is 18.1. The van der Waals surface area contributed by atoms with Crippen LogP contribution in [0.25, 0.3) is 0 Å². The summed E-state index contributed by atoms with van der Waals surface area (Å²) in [6, 6.07) is 2.03. The topological polar surface area (TPSA) is 85.2 Å². The van der Waals surface area contributed by atoms with E-state index in [1.54, 1.807) is 25.8 Å². The first kappa shape index (κ1) is 17.0. The first-order valence-electron chi connectivity index (χ1n) is 9.03. The summed E-state index contributed by atoms with van der Waals surface area (Å²) >= 11 is 0. The van der Waals surface area contributed by atoms with Gasteiger partial charge in [0.15, 0.2) is 0 Å². The molecule has 2 atom stereocenters. The fraction of sp³-hybridized carbons (Fsp3) is 0.556. The van der Waals surface area contributed by atoms with E-state index in [0.717, 1.165) is 37.3 Å². The molecule has 3 heterocycles. The molecule has 1 amide bonds. The maximum atomic E-state index is 12.7. The summed E-state index contributed by atoms with van der Waals surface area (Å²) in [7, 11) is 3.63. The third kappa shape index (κ3) is 3.29. The largest absolute Gasteiger partial charge is 0.380 e. The van der Waals surface area contributed by atoms with E-state index in [1.807, 2.05) is 17.8 Å². The van der Waals surface area contributed by atoms with E-state index in [0.29, 0.717) is 18.0 Å². The molecule has 0 bridgehead atoms. The number of nitrogens with zero attached hydrogens (tertiary/aromatic N) is 5. The van der Waals surface area contributed by atoms with Crippen molar-refractivity contribution in [2.45, 2.75) is 37.3 Å². The molecule has 2 aromatic rings. The highest BCUT2D eigenvalue weighted by molar-refractivity contribution is 5.95. The highest BCUT2D eigenvalue weighted by Crippen LogP contribution is 2.41. The fourth-order valence-electron chi connectivity index (χ4n) is 3.74. The summed E-state index contributed by atoms with van der Waals surface area (Å²) in [4.78, 5) is 23.2. The van der Waals surface area contributed by atoms with Crippen LogP contribution in [0.3, 0.4) is 0 Å². The van der Waals surface area contributed by atoms with Crippen LogP contribution in [0.4, 0.5) is 5.82 Å². The van der Waals surface area contributed by atoms with Gasteiger partial charge in [-0.3, -0.25) is 9.48 Å². The minimum Gasteiger partial charge on any atom is -0.380 e. The van der Waals surface area contributed by atoms with Gasteiger partial charge < -0.3 is 15.0 Å². The molecule has 4 rings (SSSR count). The van der Waals surface area contributed by atoms with E-state index in [4.69, 9.17) is 4.74 Å². The van der Waals surface area contributed by atoms with E-state index in [-0.39, 0.29) is 18.1 Å².